The van der Waals surface area contributed by atoms with E-state index >= 15 is 0 Å². The fourth-order valence-electron chi connectivity index (χ4n) is 3.97. The number of hydrogen-bond acceptors (Lipinski definition) is 5. The van der Waals surface area contributed by atoms with Gasteiger partial charge < -0.3 is 5.32 Å². The molecule has 33 heavy (non-hydrogen) atoms. The SMILES string of the molecule is CC(=O)NC(C)c1ccc(C(=O)CSc2nc3ccccc3c3nc4ccccc4n23)cc1. The lowest BCUT2D eigenvalue weighted by molar-refractivity contribution is -0.119. The minimum Gasteiger partial charge on any atom is -0.350 e. The van der Waals surface area contributed by atoms with Gasteiger partial charge in [0.05, 0.1) is 28.3 Å². The number of ketones is 1. The van der Waals surface area contributed by atoms with Crippen LogP contribution in [0.2, 0.25) is 0 Å². The third-order valence-electron chi connectivity index (χ3n) is 5.60. The van der Waals surface area contributed by atoms with Crippen molar-refractivity contribution < 1.29 is 9.59 Å². The van der Waals surface area contributed by atoms with Crippen LogP contribution in [-0.2, 0) is 4.79 Å². The molecule has 0 aliphatic carbocycles. The first-order valence-corrected chi connectivity index (χ1v) is 11.7. The number of nitrogens with one attached hydrogen (secondary N) is 1. The van der Waals surface area contributed by atoms with Crippen molar-refractivity contribution >= 4 is 51.0 Å². The molecule has 7 heteroatoms. The Morgan fingerprint density at radius 2 is 1.64 bits per heavy atom. The van der Waals surface area contributed by atoms with Crippen LogP contribution in [-0.4, -0.2) is 31.8 Å². The number of para-hydroxylation sites is 3. The molecule has 1 amide bonds. The topological polar surface area (TPSA) is 76.4 Å². The van der Waals surface area contributed by atoms with Crippen molar-refractivity contribution in [2.75, 3.05) is 5.75 Å². The zero-order chi connectivity index (χ0) is 22.9. The summed E-state index contributed by atoms with van der Waals surface area (Å²) in [5.41, 5.74) is 5.15. The van der Waals surface area contributed by atoms with E-state index < -0.39 is 0 Å². The maximum Gasteiger partial charge on any atom is 0.217 e. The van der Waals surface area contributed by atoms with E-state index in [1.807, 2.05) is 84.1 Å². The molecular formula is C26H22N4O2S. The molecule has 164 valence electrons. The van der Waals surface area contributed by atoms with Gasteiger partial charge in [-0.1, -0.05) is 60.3 Å². The number of amides is 1. The summed E-state index contributed by atoms with van der Waals surface area (Å²) in [6, 6.07) is 23.2. The molecule has 2 aromatic heterocycles. The molecule has 0 radical (unpaired) electrons. The van der Waals surface area contributed by atoms with Crippen molar-refractivity contribution in [2.24, 2.45) is 0 Å². The maximum absolute atomic E-state index is 12.9. The number of aromatic nitrogens is 3. The van der Waals surface area contributed by atoms with Crippen LogP contribution < -0.4 is 5.32 Å². The number of rotatable bonds is 6. The zero-order valence-corrected chi connectivity index (χ0v) is 19.1. The molecule has 5 aromatic rings. The van der Waals surface area contributed by atoms with Gasteiger partial charge in [-0.15, -0.1) is 0 Å². The quantitative estimate of drug-likeness (QED) is 0.217. The number of hydrogen-bond donors (Lipinski definition) is 1. The number of fused-ring (bicyclic) bond motifs is 5. The monoisotopic (exact) mass is 454 g/mol. The van der Waals surface area contributed by atoms with Crippen LogP contribution in [0.3, 0.4) is 0 Å². The van der Waals surface area contributed by atoms with Gasteiger partial charge in [0.2, 0.25) is 5.91 Å². The lowest BCUT2D eigenvalue weighted by atomic mass is 10.0. The number of nitrogens with zero attached hydrogens (tertiary/aromatic N) is 3. The molecule has 0 spiro atoms. The fraction of sp³-hybridized carbons (Fsp3) is 0.154. The van der Waals surface area contributed by atoms with Crippen LogP contribution >= 0.6 is 11.8 Å². The Kier molecular flexibility index (Phi) is 5.56. The highest BCUT2D eigenvalue weighted by Gasteiger charge is 2.16. The van der Waals surface area contributed by atoms with Crippen molar-refractivity contribution in [2.45, 2.75) is 25.0 Å². The van der Waals surface area contributed by atoms with Gasteiger partial charge in [0.15, 0.2) is 10.9 Å². The van der Waals surface area contributed by atoms with E-state index in [-0.39, 0.29) is 23.5 Å². The molecule has 2 heterocycles. The summed E-state index contributed by atoms with van der Waals surface area (Å²) in [6.07, 6.45) is 0. The molecule has 1 atom stereocenters. The Hall–Kier alpha value is -3.71. The fourth-order valence-corrected chi connectivity index (χ4v) is 4.87. The molecule has 0 saturated heterocycles. The Morgan fingerprint density at radius 1 is 0.939 bits per heavy atom. The third-order valence-corrected chi connectivity index (χ3v) is 6.54. The summed E-state index contributed by atoms with van der Waals surface area (Å²) in [5, 5.41) is 4.57. The highest BCUT2D eigenvalue weighted by Crippen LogP contribution is 2.29. The largest absolute Gasteiger partial charge is 0.350 e. The smallest absolute Gasteiger partial charge is 0.217 e. The number of thioether (sulfide) groups is 1. The second-order valence-corrected chi connectivity index (χ2v) is 8.87. The number of carbonyl (C=O) groups is 2. The summed E-state index contributed by atoms with van der Waals surface area (Å²) in [4.78, 5) is 33.9. The molecule has 0 fully saturated rings. The molecule has 0 aliphatic heterocycles. The van der Waals surface area contributed by atoms with Gasteiger partial charge >= 0.3 is 0 Å². The highest BCUT2D eigenvalue weighted by atomic mass is 32.2. The molecule has 1 unspecified atom stereocenters. The molecule has 1 N–H and O–H groups in total. The van der Waals surface area contributed by atoms with E-state index in [9.17, 15) is 9.59 Å². The zero-order valence-electron chi connectivity index (χ0n) is 18.3. The third kappa shape index (κ3) is 4.07. The summed E-state index contributed by atoms with van der Waals surface area (Å²) in [7, 11) is 0. The Bertz CT molecular complexity index is 1510. The van der Waals surface area contributed by atoms with Crippen LogP contribution in [0.4, 0.5) is 0 Å². The first-order chi connectivity index (χ1) is 16.0. The number of Topliss-reactive ketones (excluding diaryl/α,β-unsaturated/α-hetero) is 1. The van der Waals surface area contributed by atoms with Gasteiger partial charge in [-0.2, -0.15) is 0 Å². The average molecular weight is 455 g/mol. The highest BCUT2D eigenvalue weighted by molar-refractivity contribution is 7.99. The predicted molar refractivity (Wildman–Crippen MR) is 132 cm³/mol. The van der Waals surface area contributed by atoms with Crippen molar-refractivity contribution in [3.63, 3.8) is 0 Å². The summed E-state index contributed by atoms with van der Waals surface area (Å²) < 4.78 is 2.04. The Balaban J connectivity index is 1.44. The number of benzene rings is 3. The second kappa shape index (κ2) is 8.67. The molecule has 0 aliphatic rings. The van der Waals surface area contributed by atoms with Gasteiger partial charge in [0.25, 0.3) is 0 Å². The lowest BCUT2D eigenvalue weighted by Crippen LogP contribution is -2.23. The molecule has 0 saturated carbocycles. The van der Waals surface area contributed by atoms with E-state index in [4.69, 9.17) is 9.97 Å². The number of imidazole rings is 1. The normalized spacial score (nSPS) is 12.3. The van der Waals surface area contributed by atoms with E-state index in [1.165, 1.54) is 18.7 Å². The van der Waals surface area contributed by atoms with Gasteiger partial charge in [0.1, 0.15) is 5.65 Å². The van der Waals surface area contributed by atoms with Gasteiger partial charge in [-0.25, -0.2) is 9.97 Å². The average Bonchev–Trinajstić information content (AvgIpc) is 3.22. The summed E-state index contributed by atoms with van der Waals surface area (Å²) >= 11 is 1.41. The van der Waals surface area contributed by atoms with Crippen molar-refractivity contribution in [3.8, 4) is 0 Å². The van der Waals surface area contributed by atoms with Gasteiger partial charge in [-0.3, -0.25) is 14.0 Å². The van der Waals surface area contributed by atoms with E-state index in [0.29, 0.717) is 5.56 Å². The summed E-state index contributed by atoms with van der Waals surface area (Å²) in [5.74, 6) is 0.194. The van der Waals surface area contributed by atoms with Crippen LogP contribution in [0.5, 0.6) is 0 Å². The summed E-state index contributed by atoms with van der Waals surface area (Å²) in [6.45, 7) is 3.41. The standard InChI is InChI=1S/C26H22N4O2S/c1-16(27-17(2)31)18-11-13-19(14-12-18)24(32)15-33-26-29-21-8-4-3-7-20(21)25-28-22-9-5-6-10-23(22)30(25)26/h3-14,16H,15H2,1-2H3,(H,27,31). The van der Waals surface area contributed by atoms with Crippen LogP contribution in [0.25, 0.3) is 27.6 Å². The van der Waals surface area contributed by atoms with E-state index in [1.54, 1.807) is 0 Å². The van der Waals surface area contributed by atoms with Crippen LogP contribution in [0, 0.1) is 0 Å². The lowest BCUT2D eigenvalue weighted by Gasteiger charge is -2.13. The first-order valence-electron chi connectivity index (χ1n) is 10.7. The van der Waals surface area contributed by atoms with Crippen LogP contribution in [0.15, 0.2) is 78.0 Å². The molecule has 6 nitrogen and oxygen atoms in total. The minimum absolute atomic E-state index is 0.0197. The molecule has 0 bridgehead atoms. The minimum atomic E-state index is -0.106. The van der Waals surface area contributed by atoms with Crippen molar-refractivity contribution in [1.29, 1.82) is 0 Å². The molecule has 5 rings (SSSR count). The van der Waals surface area contributed by atoms with E-state index in [0.717, 1.165) is 38.3 Å². The Labute approximate surface area is 195 Å². The number of carbonyl (C=O) groups excluding carboxylic acids is 2. The van der Waals surface area contributed by atoms with E-state index in [2.05, 4.69) is 5.32 Å². The first kappa shape index (κ1) is 21.2. The molecule has 3 aromatic carbocycles. The molecular weight excluding hydrogens is 432 g/mol. The maximum atomic E-state index is 12.9. The van der Waals surface area contributed by atoms with Crippen LogP contribution in [0.1, 0.15) is 35.8 Å². The van der Waals surface area contributed by atoms with Crippen molar-refractivity contribution in [1.82, 2.24) is 19.7 Å². The van der Waals surface area contributed by atoms with Crippen molar-refractivity contribution in [3.05, 3.63) is 83.9 Å². The predicted octanol–water partition coefficient (Wildman–Crippen LogP) is 5.21. The Morgan fingerprint density at radius 3 is 2.39 bits per heavy atom. The van der Waals surface area contributed by atoms with Gasteiger partial charge in [0, 0.05) is 17.9 Å². The van der Waals surface area contributed by atoms with Gasteiger partial charge in [-0.05, 0) is 36.8 Å². The second-order valence-electron chi connectivity index (χ2n) is 7.93.